The van der Waals surface area contributed by atoms with Gasteiger partial charge in [0, 0.05) is 5.56 Å². The van der Waals surface area contributed by atoms with E-state index in [1.807, 2.05) is 31.2 Å². The molecular formula is C17H15NO2. The lowest BCUT2D eigenvalue weighted by Gasteiger charge is -2.11. The highest BCUT2D eigenvalue weighted by molar-refractivity contribution is 6.05. The van der Waals surface area contributed by atoms with E-state index in [9.17, 15) is 4.79 Å². The van der Waals surface area contributed by atoms with Gasteiger partial charge in [0.2, 0.25) is 0 Å². The van der Waals surface area contributed by atoms with Crippen molar-refractivity contribution >= 4 is 11.6 Å². The predicted octanol–water partition coefficient (Wildman–Crippen LogP) is 3.26. The highest BCUT2D eigenvalue weighted by Crippen LogP contribution is 2.24. The topological polar surface area (TPSA) is 38.3 Å². The SMILES string of the molecule is C#CCOc1ccccc1NC(=O)c1ccc(C)cc1. The molecule has 0 aliphatic rings. The van der Waals surface area contributed by atoms with Crippen LogP contribution in [0.1, 0.15) is 15.9 Å². The Hall–Kier alpha value is -2.73. The first-order chi connectivity index (χ1) is 9.70. The second-order valence-corrected chi connectivity index (χ2v) is 4.31. The summed E-state index contributed by atoms with van der Waals surface area (Å²) in [4.78, 5) is 12.1. The highest BCUT2D eigenvalue weighted by Gasteiger charge is 2.09. The quantitative estimate of drug-likeness (QED) is 0.862. The number of amides is 1. The first-order valence-corrected chi connectivity index (χ1v) is 6.24. The van der Waals surface area contributed by atoms with Crippen molar-refractivity contribution in [3.05, 3.63) is 59.7 Å². The van der Waals surface area contributed by atoms with Crippen molar-refractivity contribution in [3.63, 3.8) is 0 Å². The van der Waals surface area contributed by atoms with Crippen molar-refractivity contribution in [2.75, 3.05) is 11.9 Å². The molecule has 0 saturated carbocycles. The molecule has 20 heavy (non-hydrogen) atoms. The molecule has 2 aromatic rings. The number of nitrogens with one attached hydrogen (secondary N) is 1. The molecule has 0 aromatic heterocycles. The Morgan fingerprint density at radius 1 is 1.20 bits per heavy atom. The average Bonchev–Trinajstić information content (AvgIpc) is 2.47. The zero-order chi connectivity index (χ0) is 14.4. The lowest BCUT2D eigenvalue weighted by atomic mass is 10.1. The minimum atomic E-state index is -0.179. The van der Waals surface area contributed by atoms with Crippen molar-refractivity contribution in [1.82, 2.24) is 0 Å². The molecule has 0 heterocycles. The van der Waals surface area contributed by atoms with Gasteiger partial charge in [-0.15, -0.1) is 6.42 Å². The minimum Gasteiger partial charge on any atom is -0.479 e. The molecule has 0 fully saturated rings. The number of para-hydroxylation sites is 2. The van der Waals surface area contributed by atoms with Crippen LogP contribution in [0.15, 0.2) is 48.5 Å². The van der Waals surface area contributed by atoms with Crippen LogP contribution >= 0.6 is 0 Å². The lowest BCUT2D eigenvalue weighted by Crippen LogP contribution is -2.12. The van der Waals surface area contributed by atoms with Crippen molar-refractivity contribution < 1.29 is 9.53 Å². The van der Waals surface area contributed by atoms with Crippen LogP contribution in [0.2, 0.25) is 0 Å². The Morgan fingerprint density at radius 3 is 2.60 bits per heavy atom. The van der Waals surface area contributed by atoms with Gasteiger partial charge in [0.05, 0.1) is 5.69 Å². The maximum Gasteiger partial charge on any atom is 0.255 e. The molecule has 0 unspecified atom stereocenters. The molecule has 2 aromatic carbocycles. The largest absolute Gasteiger partial charge is 0.479 e. The van der Waals surface area contributed by atoms with Gasteiger partial charge in [0.15, 0.2) is 0 Å². The molecular weight excluding hydrogens is 250 g/mol. The van der Waals surface area contributed by atoms with Gasteiger partial charge >= 0.3 is 0 Å². The molecule has 3 heteroatoms. The number of carbonyl (C=O) groups is 1. The summed E-state index contributed by atoms with van der Waals surface area (Å²) in [5, 5.41) is 2.82. The van der Waals surface area contributed by atoms with Gasteiger partial charge in [-0.3, -0.25) is 4.79 Å². The molecule has 1 amide bonds. The molecule has 3 nitrogen and oxygen atoms in total. The van der Waals surface area contributed by atoms with Gasteiger partial charge in [0.25, 0.3) is 5.91 Å². The summed E-state index contributed by atoms with van der Waals surface area (Å²) < 4.78 is 5.39. The summed E-state index contributed by atoms with van der Waals surface area (Å²) in [6.45, 7) is 2.14. The van der Waals surface area contributed by atoms with Crippen LogP contribution in [-0.4, -0.2) is 12.5 Å². The molecule has 0 spiro atoms. The number of aryl methyl sites for hydroxylation is 1. The number of ether oxygens (including phenoxy) is 1. The predicted molar refractivity (Wildman–Crippen MR) is 79.9 cm³/mol. The number of hydrogen-bond acceptors (Lipinski definition) is 2. The van der Waals surface area contributed by atoms with E-state index in [2.05, 4.69) is 11.2 Å². The number of terminal acetylenes is 1. The molecule has 2 rings (SSSR count). The fourth-order valence-electron chi connectivity index (χ4n) is 1.71. The fourth-order valence-corrected chi connectivity index (χ4v) is 1.71. The lowest BCUT2D eigenvalue weighted by molar-refractivity contribution is 0.102. The Labute approximate surface area is 118 Å². The van der Waals surface area contributed by atoms with Crippen LogP contribution in [0.25, 0.3) is 0 Å². The molecule has 0 bridgehead atoms. The smallest absolute Gasteiger partial charge is 0.255 e. The van der Waals surface area contributed by atoms with Crippen LogP contribution in [0.5, 0.6) is 5.75 Å². The first-order valence-electron chi connectivity index (χ1n) is 6.24. The number of anilines is 1. The summed E-state index contributed by atoms with van der Waals surface area (Å²) >= 11 is 0. The van der Waals surface area contributed by atoms with Gasteiger partial charge in [-0.1, -0.05) is 35.7 Å². The van der Waals surface area contributed by atoms with Crippen molar-refractivity contribution in [3.8, 4) is 18.1 Å². The van der Waals surface area contributed by atoms with E-state index in [0.717, 1.165) is 5.56 Å². The Bertz CT molecular complexity index is 639. The second kappa shape index (κ2) is 6.44. The van der Waals surface area contributed by atoms with Crippen molar-refractivity contribution in [2.45, 2.75) is 6.92 Å². The molecule has 0 atom stereocenters. The third-order valence-electron chi connectivity index (χ3n) is 2.76. The second-order valence-electron chi connectivity index (χ2n) is 4.31. The van der Waals surface area contributed by atoms with Crippen LogP contribution in [0, 0.1) is 19.3 Å². The van der Waals surface area contributed by atoms with E-state index < -0.39 is 0 Å². The third-order valence-corrected chi connectivity index (χ3v) is 2.76. The van der Waals surface area contributed by atoms with Gasteiger partial charge in [-0.25, -0.2) is 0 Å². The fraction of sp³-hybridized carbons (Fsp3) is 0.118. The molecule has 0 aliphatic carbocycles. The van der Waals surface area contributed by atoms with Crippen molar-refractivity contribution in [1.29, 1.82) is 0 Å². The highest BCUT2D eigenvalue weighted by atomic mass is 16.5. The zero-order valence-electron chi connectivity index (χ0n) is 11.2. The Morgan fingerprint density at radius 2 is 1.90 bits per heavy atom. The molecule has 100 valence electrons. The van der Waals surface area contributed by atoms with Gasteiger partial charge < -0.3 is 10.1 Å². The molecule has 0 aliphatic heterocycles. The Balaban J connectivity index is 2.15. The van der Waals surface area contributed by atoms with E-state index in [1.165, 1.54) is 0 Å². The maximum absolute atomic E-state index is 12.1. The van der Waals surface area contributed by atoms with Gasteiger partial charge in [0.1, 0.15) is 12.4 Å². The Kier molecular flexibility index (Phi) is 4.41. The summed E-state index contributed by atoms with van der Waals surface area (Å²) in [5.41, 5.74) is 2.31. The molecule has 0 radical (unpaired) electrons. The third kappa shape index (κ3) is 3.39. The minimum absolute atomic E-state index is 0.164. The number of hydrogen-bond donors (Lipinski definition) is 1. The van der Waals surface area contributed by atoms with Crippen LogP contribution in [-0.2, 0) is 0 Å². The van der Waals surface area contributed by atoms with E-state index in [-0.39, 0.29) is 12.5 Å². The normalized spacial score (nSPS) is 9.60. The summed E-state index contributed by atoms with van der Waals surface area (Å²) in [6, 6.07) is 14.6. The van der Waals surface area contributed by atoms with E-state index in [1.54, 1.807) is 24.3 Å². The van der Waals surface area contributed by atoms with E-state index in [4.69, 9.17) is 11.2 Å². The van der Waals surface area contributed by atoms with Crippen LogP contribution in [0.4, 0.5) is 5.69 Å². The van der Waals surface area contributed by atoms with E-state index >= 15 is 0 Å². The van der Waals surface area contributed by atoms with Crippen LogP contribution < -0.4 is 10.1 Å². The molecule has 0 saturated heterocycles. The summed E-state index contributed by atoms with van der Waals surface area (Å²) in [5.74, 6) is 2.78. The number of benzene rings is 2. The first kappa shape index (κ1) is 13.7. The summed E-state index contributed by atoms with van der Waals surface area (Å²) in [6.07, 6.45) is 5.17. The standard InChI is InChI=1S/C17H15NO2/c1-3-12-20-16-7-5-4-6-15(16)18-17(19)14-10-8-13(2)9-11-14/h1,4-11H,12H2,2H3,(H,18,19). The van der Waals surface area contributed by atoms with Crippen LogP contribution in [0.3, 0.4) is 0 Å². The van der Waals surface area contributed by atoms with Gasteiger partial charge in [-0.05, 0) is 31.2 Å². The van der Waals surface area contributed by atoms with E-state index in [0.29, 0.717) is 17.0 Å². The molecule has 1 N–H and O–H groups in total. The zero-order valence-corrected chi connectivity index (χ0v) is 11.2. The average molecular weight is 265 g/mol. The number of carbonyl (C=O) groups excluding carboxylic acids is 1. The number of rotatable bonds is 4. The van der Waals surface area contributed by atoms with Crippen molar-refractivity contribution in [2.24, 2.45) is 0 Å². The maximum atomic E-state index is 12.1. The van der Waals surface area contributed by atoms with Gasteiger partial charge in [-0.2, -0.15) is 0 Å². The monoisotopic (exact) mass is 265 g/mol. The summed E-state index contributed by atoms with van der Waals surface area (Å²) in [7, 11) is 0.